The van der Waals surface area contributed by atoms with Crippen molar-refractivity contribution in [3.63, 3.8) is 0 Å². The molecule has 1 saturated heterocycles. The molecule has 1 aliphatic carbocycles. The predicted octanol–water partition coefficient (Wildman–Crippen LogP) is 0.744. The molecule has 2 amide bonds. The molecule has 2 fully saturated rings. The van der Waals surface area contributed by atoms with Crippen molar-refractivity contribution < 1.29 is 19.5 Å². The van der Waals surface area contributed by atoms with Gasteiger partial charge in [0.25, 0.3) is 5.91 Å². The lowest BCUT2D eigenvalue weighted by molar-refractivity contribution is -0.142. The number of rotatable bonds is 7. The monoisotopic (exact) mass is 345 g/mol. The Bertz CT molecular complexity index is 672. The lowest BCUT2D eigenvalue weighted by Gasteiger charge is -2.20. The molecular formula is C18H23N3O4. The Morgan fingerprint density at radius 3 is 2.72 bits per heavy atom. The SMILES string of the molecule is O=C(CN1CCC[C@H]1C(=O)O)NCc1cccc(C(=O)NC2CC2)c1. The highest BCUT2D eigenvalue weighted by Crippen LogP contribution is 2.19. The van der Waals surface area contributed by atoms with Crippen molar-refractivity contribution in [1.29, 1.82) is 0 Å². The highest BCUT2D eigenvalue weighted by Gasteiger charge is 2.31. The maximum atomic E-state index is 12.1. The Morgan fingerprint density at radius 2 is 2.00 bits per heavy atom. The van der Waals surface area contributed by atoms with Gasteiger partial charge in [-0.3, -0.25) is 19.3 Å². The Morgan fingerprint density at radius 1 is 1.20 bits per heavy atom. The molecule has 3 N–H and O–H groups in total. The van der Waals surface area contributed by atoms with E-state index >= 15 is 0 Å². The van der Waals surface area contributed by atoms with Crippen LogP contribution < -0.4 is 10.6 Å². The third-order valence-electron chi connectivity index (χ3n) is 4.59. The van der Waals surface area contributed by atoms with Crippen LogP contribution in [0.3, 0.4) is 0 Å². The summed E-state index contributed by atoms with van der Waals surface area (Å²) in [5.74, 6) is -1.17. The molecule has 0 aromatic heterocycles. The fraction of sp³-hybridized carbons (Fsp3) is 0.500. The summed E-state index contributed by atoms with van der Waals surface area (Å²) in [6.45, 7) is 1.02. The maximum Gasteiger partial charge on any atom is 0.320 e. The summed E-state index contributed by atoms with van der Waals surface area (Å²) in [6, 6.07) is 6.91. The number of carbonyl (C=O) groups is 3. The molecule has 1 aromatic carbocycles. The molecule has 134 valence electrons. The molecule has 1 saturated carbocycles. The molecule has 1 aliphatic heterocycles. The zero-order valence-electron chi connectivity index (χ0n) is 14.0. The quantitative estimate of drug-likeness (QED) is 0.677. The summed E-state index contributed by atoms with van der Waals surface area (Å²) >= 11 is 0. The lowest BCUT2D eigenvalue weighted by atomic mass is 10.1. The maximum absolute atomic E-state index is 12.1. The van der Waals surface area contributed by atoms with Crippen LogP contribution in [0.2, 0.25) is 0 Å². The largest absolute Gasteiger partial charge is 0.480 e. The van der Waals surface area contributed by atoms with Crippen LogP contribution in [-0.2, 0) is 16.1 Å². The molecule has 2 aliphatic rings. The molecule has 0 spiro atoms. The zero-order chi connectivity index (χ0) is 17.8. The van der Waals surface area contributed by atoms with Crippen LogP contribution in [0, 0.1) is 0 Å². The number of hydrogen-bond donors (Lipinski definition) is 3. The number of benzene rings is 1. The number of carbonyl (C=O) groups excluding carboxylic acids is 2. The fourth-order valence-corrected chi connectivity index (χ4v) is 3.05. The molecule has 1 heterocycles. The smallest absolute Gasteiger partial charge is 0.320 e. The first-order valence-electron chi connectivity index (χ1n) is 8.66. The Balaban J connectivity index is 1.50. The minimum atomic E-state index is -0.875. The van der Waals surface area contributed by atoms with Gasteiger partial charge in [-0.2, -0.15) is 0 Å². The number of likely N-dealkylation sites (tertiary alicyclic amines) is 1. The van der Waals surface area contributed by atoms with Gasteiger partial charge in [-0.05, 0) is 49.9 Å². The van der Waals surface area contributed by atoms with Crippen LogP contribution in [0.1, 0.15) is 41.6 Å². The van der Waals surface area contributed by atoms with Crippen molar-refractivity contribution in [2.45, 2.75) is 44.3 Å². The number of carboxylic acids is 1. The predicted molar refractivity (Wildman–Crippen MR) is 91.0 cm³/mol. The van der Waals surface area contributed by atoms with E-state index in [1.165, 1.54) is 0 Å². The Labute approximate surface area is 146 Å². The minimum absolute atomic E-state index is 0.0822. The van der Waals surface area contributed by atoms with Crippen LogP contribution in [0.15, 0.2) is 24.3 Å². The summed E-state index contributed by atoms with van der Waals surface area (Å²) in [4.78, 5) is 37.0. The van der Waals surface area contributed by atoms with E-state index in [0.717, 1.165) is 24.8 Å². The second kappa shape index (κ2) is 7.65. The first kappa shape index (κ1) is 17.4. The number of hydrogen-bond acceptors (Lipinski definition) is 4. The molecule has 7 nitrogen and oxygen atoms in total. The zero-order valence-corrected chi connectivity index (χ0v) is 14.0. The summed E-state index contributed by atoms with van der Waals surface area (Å²) < 4.78 is 0. The van der Waals surface area contributed by atoms with E-state index in [1.807, 2.05) is 6.07 Å². The van der Waals surface area contributed by atoms with E-state index in [9.17, 15) is 14.4 Å². The van der Waals surface area contributed by atoms with Crippen LogP contribution in [-0.4, -0.2) is 53.0 Å². The number of carboxylic acid groups (broad SMARTS) is 1. The van der Waals surface area contributed by atoms with E-state index in [0.29, 0.717) is 31.1 Å². The first-order chi connectivity index (χ1) is 12.0. The van der Waals surface area contributed by atoms with E-state index < -0.39 is 12.0 Å². The third kappa shape index (κ3) is 4.79. The van der Waals surface area contributed by atoms with E-state index in [2.05, 4.69) is 10.6 Å². The molecular weight excluding hydrogens is 322 g/mol. The Hall–Kier alpha value is -2.41. The second-order valence-electron chi connectivity index (χ2n) is 6.69. The number of amides is 2. The Kier molecular flexibility index (Phi) is 5.33. The van der Waals surface area contributed by atoms with Crippen LogP contribution in [0.25, 0.3) is 0 Å². The van der Waals surface area contributed by atoms with Gasteiger partial charge in [0.2, 0.25) is 5.91 Å². The molecule has 0 bridgehead atoms. The van der Waals surface area contributed by atoms with E-state index in [1.54, 1.807) is 23.1 Å². The van der Waals surface area contributed by atoms with Gasteiger partial charge < -0.3 is 15.7 Å². The standard InChI is InChI=1S/C18H23N3O4/c22-16(11-21-8-2-5-15(21)18(24)25)19-10-12-3-1-4-13(9-12)17(23)20-14-6-7-14/h1,3-4,9,14-15H,2,5-8,10-11H2,(H,19,22)(H,20,23)(H,24,25)/t15-/m0/s1. The van der Waals surface area contributed by atoms with Crippen LogP contribution in [0.5, 0.6) is 0 Å². The molecule has 0 radical (unpaired) electrons. The minimum Gasteiger partial charge on any atom is -0.480 e. The highest BCUT2D eigenvalue weighted by atomic mass is 16.4. The molecule has 7 heteroatoms. The molecule has 1 aromatic rings. The van der Waals surface area contributed by atoms with Gasteiger partial charge in [0.15, 0.2) is 0 Å². The summed E-state index contributed by atoms with van der Waals surface area (Å²) in [6.07, 6.45) is 3.45. The topological polar surface area (TPSA) is 98.7 Å². The number of nitrogens with one attached hydrogen (secondary N) is 2. The number of nitrogens with zero attached hydrogens (tertiary/aromatic N) is 1. The average molecular weight is 345 g/mol. The molecule has 25 heavy (non-hydrogen) atoms. The number of aliphatic carboxylic acids is 1. The lowest BCUT2D eigenvalue weighted by Crippen LogP contribution is -2.42. The van der Waals surface area contributed by atoms with Crippen molar-refractivity contribution in [3.05, 3.63) is 35.4 Å². The van der Waals surface area contributed by atoms with Crippen molar-refractivity contribution in [2.24, 2.45) is 0 Å². The van der Waals surface area contributed by atoms with Gasteiger partial charge in [-0.1, -0.05) is 12.1 Å². The van der Waals surface area contributed by atoms with Crippen molar-refractivity contribution in [1.82, 2.24) is 15.5 Å². The van der Waals surface area contributed by atoms with Crippen LogP contribution >= 0.6 is 0 Å². The molecule has 3 rings (SSSR count). The third-order valence-corrected chi connectivity index (χ3v) is 4.59. The summed E-state index contributed by atoms with van der Waals surface area (Å²) in [5.41, 5.74) is 1.43. The summed E-state index contributed by atoms with van der Waals surface area (Å²) in [7, 11) is 0. The van der Waals surface area contributed by atoms with Crippen LogP contribution in [0.4, 0.5) is 0 Å². The van der Waals surface area contributed by atoms with Crippen molar-refractivity contribution in [2.75, 3.05) is 13.1 Å². The first-order valence-corrected chi connectivity index (χ1v) is 8.66. The highest BCUT2D eigenvalue weighted by molar-refractivity contribution is 5.94. The van der Waals surface area contributed by atoms with Crippen molar-refractivity contribution in [3.8, 4) is 0 Å². The summed E-state index contributed by atoms with van der Waals surface area (Å²) in [5, 5.41) is 14.9. The molecule has 1 atom stereocenters. The van der Waals surface area contributed by atoms with Crippen molar-refractivity contribution >= 4 is 17.8 Å². The van der Waals surface area contributed by atoms with Gasteiger partial charge in [-0.15, -0.1) is 0 Å². The van der Waals surface area contributed by atoms with Gasteiger partial charge >= 0.3 is 5.97 Å². The van der Waals surface area contributed by atoms with Gasteiger partial charge in [-0.25, -0.2) is 0 Å². The second-order valence-corrected chi connectivity index (χ2v) is 6.69. The van der Waals surface area contributed by atoms with Gasteiger partial charge in [0.05, 0.1) is 6.54 Å². The average Bonchev–Trinajstić information content (AvgIpc) is 3.28. The van der Waals surface area contributed by atoms with E-state index in [4.69, 9.17) is 5.11 Å². The fourth-order valence-electron chi connectivity index (χ4n) is 3.05. The van der Waals surface area contributed by atoms with E-state index in [-0.39, 0.29) is 18.4 Å². The normalized spacial score (nSPS) is 20.2. The van der Waals surface area contributed by atoms with Gasteiger partial charge in [0, 0.05) is 18.2 Å². The van der Waals surface area contributed by atoms with Gasteiger partial charge in [0.1, 0.15) is 6.04 Å². The molecule has 0 unspecified atom stereocenters.